The van der Waals surface area contributed by atoms with Crippen molar-refractivity contribution in [3.05, 3.63) is 69.1 Å². The van der Waals surface area contributed by atoms with Crippen molar-refractivity contribution in [1.82, 2.24) is 0 Å². The van der Waals surface area contributed by atoms with Crippen molar-refractivity contribution < 1.29 is 28.6 Å². The molecule has 150 valence electrons. The number of nitrogens with zero attached hydrogens (tertiary/aromatic N) is 1. The number of aliphatic hydroxyl groups is 1. The molecule has 9 nitrogen and oxygen atoms in total. The summed E-state index contributed by atoms with van der Waals surface area (Å²) in [6.45, 7) is 1.49. The molecule has 0 unspecified atom stereocenters. The van der Waals surface area contributed by atoms with Crippen molar-refractivity contribution in [3.63, 3.8) is 0 Å². The number of esters is 1. The molecule has 2 aromatic rings. The average molecular weight is 398 g/mol. The van der Waals surface area contributed by atoms with Crippen LogP contribution >= 0.6 is 0 Å². The minimum absolute atomic E-state index is 0.0818. The number of hydrogen-bond acceptors (Lipinski definition) is 8. The second kappa shape index (κ2) is 6.49. The predicted octanol–water partition coefficient (Wildman–Crippen LogP) is 0.520. The summed E-state index contributed by atoms with van der Waals surface area (Å²) in [5, 5.41) is 9.53. The lowest BCUT2D eigenvalue weighted by molar-refractivity contribution is -0.138. The molecule has 29 heavy (non-hydrogen) atoms. The Labute approximate surface area is 164 Å². The first-order valence-corrected chi connectivity index (χ1v) is 8.87. The fraction of sp³-hybridized carbons (Fsp3) is 0.250. The Morgan fingerprint density at radius 2 is 2.03 bits per heavy atom. The molecule has 0 aliphatic carbocycles. The van der Waals surface area contributed by atoms with Gasteiger partial charge < -0.3 is 29.6 Å². The van der Waals surface area contributed by atoms with Gasteiger partial charge in [-0.2, -0.15) is 0 Å². The number of nitrogens with two attached hydrogens (primary N) is 1. The van der Waals surface area contributed by atoms with E-state index in [2.05, 4.69) is 0 Å². The normalized spacial score (nSPS) is 19.8. The summed E-state index contributed by atoms with van der Waals surface area (Å²) < 4.78 is 16.0. The van der Waals surface area contributed by atoms with E-state index in [1.807, 2.05) is 0 Å². The van der Waals surface area contributed by atoms with Crippen LogP contribution in [0.15, 0.2) is 51.0 Å². The van der Waals surface area contributed by atoms with Crippen LogP contribution in [0.2, 0.25) is 0 Å². The Hall–Kier alpha value is -3.59. The third-order valence-corrected chi connectivity index (χ3v) is 5.16. The number of benzene rings is 1. The molecule has 0 radical (unpaired) electrons. The van der Waals surface area contributed by atoms with Gasteiger partial charge in [-0.1, -0.05) is 18.2 Å². The van der Waals surface area contributed by atoms with Crippen LogP contribution in [0.1, 0.15) is 24.0 Å². The van der Waals surface area contributed by atoms with Gasteiger partial charge in [-0.3, -0.25) is 9.59 Å². The second-order valence-electron chi connectivity index (χ2n) is 6.54. The third-order valence-electron chi connectivity index (χ3n) is 5.16. The summed E-state index contributed by atoms with van der Waals surface area (Å²) in [6, 6.07) is 7.87. The number of anilines is 1. The van der Waals surface area contributed by atoms with Crippen molar-refractivity contribution in [1.29, 1.82) is 0 Å². The van der Waals surface area contributed by atoms with Crippen LogP contribution in [0.3, 0.4) is 0 Å². The molecule has 3 heterocycles. The first-order valence-electron chi connectivity index (χ1n) is 8.87. The maximum absolute atomic E-state index is 13.8. The molecule has 2 aliphatic heterocycles. The molecule has 0 fully saturated rings. The summed E-state index contributed by atoms with van der Waals surface area (Å²) in [5.41, 5.74) is 4.18. The van der Waals surface area contributed by atoms with Gasteiger partial charge in [0, 0.05) is 23.9 Å². The first-order chi connectivity index (χ1) is 13.9. The minimum Gasteiger partial charge on any atom is -0.465 e. The number of para-hydroxylation sites is 1. The van der Waals surface area contributed by atoms with Crippen molar-refractivity contribution in [3.8, 4) is 5.75 Å². The topological polar surface area (TPSA) is 132 Å². The van der Waals surface area contributed by atoms with Gasteiger partial charge in [-0.15, -0.1) is 0 Å². The standard InChI is InChI=1S/C20H18N2O7/c1-3-22-12-7-5-4-6-11(12)20(19(22)26)14(18(25)27-2)17(21)29-15-13(24)8-10(9-23)28-16(15)20/h4-8,23H,3,9,21H2,1-2H3/t20-/m1/s1. The third kappa shape index (κ3) is 2.27. The number of ether oxygens (including phenoxy) is 2. The predicted molar refractivity (Wildman–Crippen MR) is 100 cm³/mol. The fourth-order valence-electron chi connectivity index (χ4n) is 4.00. The van der Waals surface area contributed by atoms with E-state index in [0.29, 0.717) is 17.8 Å². The monoisotopic (exact) mass is 398 g/mol. The smallest absolute Gasteiger partial charge is 0.341 e. The highest BCUT2D eigenvalue weighted by Crippen LogP contribution is 2.54. The van der Waals surface area contributed by atoms with Crippen LogP contribution in [0.25, 0.3) is 0 Å². The summed E-state index contributed by atoms with van der Waals surface area (Å²) >= 11 is 0. The van der Waals surface area contributed by atoms with E-state index in [1.165, 1.54) is 4.90 Å². The summed E-state index contributed by atoms with van der Waals surface area (Å²) in [5.74, 6) is -2.46. The van der Waals surface area contributed by atoms with E-state index >= 15 is 0 Å². The molecular weight excluding hydrogens is 380 g/mol. The van der Waals surface area contributed by atoms with E-state index in [1.54, 1.807) is 31.2 Å². The number of fused-ring (bicyclic) bond motifs is 4. The lowest BCUT2D eigenvalue weighted by atomic mass is 9.71. The molecule has 1 aromatic heterocycles. The van der Waals surface area contributed by atoms with Gasteiger partial charge >= 0.3 is 5.97 Å². The van der Waals surface area contributed by atoms with Crippen molar-refractivity contribution in [2.45, 2.75) is 18.9 Å². The molecular formula is C20H18N2O7. The number of carbonyl (C=O) groups excluding carboxylic acids is 2. The maximum atomic E-state index is 13.8. The van der Waals surface area contributed by atoms with Gasteiger partial charge in [0.1, 0.15) is 17.9 Å². The van der Waals surface area contributed by atoms with E-state index in [0.717, 1.165) is 13.2 Å². The fourth-order valence-corrected chi connectivity index (χ4v) is 4.00. The lowest BCUT2D eigenvalue weighted by Gasteiger charge is -2.34. The number of carbonyl (C=O) groups is 2. The number of amides is 1. The Bertz CT molecular complexity index is 1130. The van der Waals surface area contributed by atoms with Gasteiger partial charge in [-0.25, -0.2) is 4.79 Å². The highest BCUT2D eigenvalue weighted by molar-refractivity contribution is 6.18. The first kappa shape index (κ1) is 18.8. The summed E-state index contributed by atoms with van der Waals surface area (Å²) in [4.78, 5) is 40.6. The number of likely N-dealkylation sites (N-methyl/N-ethyl adjacent to an activating group) is 1. The highest BCUT2D eigenvalue weighted by Gasteiger charge is 2.63. The molecule has 9 heteroatoms. The summed E-state index contributed by atoms with van der Waals surface area (Å²) in [7, 11) is 1.15. The van der Waals surface area contributed by atoms with Crippen LogP contribution in [0, 0.1) is 0 Å². The van der Waals surface area contributed by atoms with Gasteiger partial charge in [0.25, 0.3) is 5.91 Å². The van der Waals surface area contributed by atoms with Gasteiger partial charge in [0.15, 0.2) is 11.2 Å². The minimum atomic E-state index is -1.87. The molecule has 3 N–H and O–H groups in total. The van der Waals surface area contributed by atoms with Crippen molar-refractivity contribution in [2.24, 2.45) is 5.73 Å². The SMILES string of the molecule is CCN1C(=O)[C@@]2(C(C(=O)OC)=C(N)Oc3c2oc(CO)cc3=O)c2ccccc21. The van der Waals surface area contributed by atoms with Gasteiger partial charge in [0.05, 0.1) is 7.11 Å². The largest absolute Gasteiger partial charge is 0.465 e. The van der Waals surface area contributed by atoms with Crippen molar-refractivity contribution >= 4 is 17.6 Å². The van der Waals surface area contributed by atoms with Crippen LogP contribution in [0.5, 0.6) is 5.75 Å². The average Bonchev–Trinajstić information content (AvgIpc) is 2.97. The molecule has 4 rings (SSSR count). The second-order valence-corrected chi connectivity index (χ2v) is 6.54. The molecule has 0 saturated heterocycles. The molecule has 1 atom stereocenters. The Morgan fingerprint density at radius 3 is 2.69 bits per heavy atom. The van der Waals surface area contributed by atoms with Crippen LogP contribution in [-0.4, -0.2) is 30.6 Å². The number of rotatable bonds is 3. The quantitative estimate of drug-likeness (QED) is 0.715. The van der Waals surface area contributed by atoms with Crippen LogP contribution < -0.4 is 20.8 Å². The number of hydrogen-bond donors (Lipinski definition) is 2. The zero-order valence-electron chi connectivity index (χ0n) is 15.7. The highest BCUT2D eigenvalue weighted by atomic mass is 16.5. The molecule has 1 spiro atoms. The Kier molecular flexibility index (Phi) is 4.20. The molecule has 0 bridgehead atoms. The number of aliphatic hydroxyl groups excluding tert-OH is 1. The molecule has 0 saturated carbocycles. The van der Waals surface area contributed by atoms with Crippen molar-refractivity contribution in [2.75, 3.05) is 18.6 Å². The maximum Gasteiger partial charge on any atom is 0.341 e. The van der Waals surface area contributed by atoms with E-state index in [-0.39, 0.29) is 22.8 Å². The van der Waals surface area contributed by atoms with Crippen LogP contribution in [-0.2, 0) is 26.3 Å². The molecule has 1 aromatic carbocycles. The van der Waals surface area contributed by atoms with Gasteiger partial charge in [0.2, 0.25) is 17.1 Å². The zero-order chi connectivity index (χ0) is 20.9. The Balaban J connectivity index is 2.20. The van der Waals surface area contributed by atoms with Gasteiger partial charge in [-0.05, 0) is 13.0 Å². The molecule has 2 aliphatic rings. The van der Waals surface area contributed by atoms with E-state index in [4.69, 9.17) is 19.6 Å². The zero-order valence-corrected chi connectivity index (χ0v) is 15.7. The lowest BCUT2D eigenvalue weighted by Crippen LogP contribution is -2.49. The van der Waals surface area contributed by atoms with Crippen LogP contribution in [0.4, 0.5) is 5.69 Å². The number of methoxy groups -OCH3 is 1. The molecule has 1 amide bonds. The Morgan fingerprint density at radius 1 is 1.31 bits per heavy atom. The van der Waals surface area contributed by atoms with E-state index < -0.39 is 35.2 Å². The summed E-state index contributed by atoms with van der Waals surface area (Å²) in [6.07, 6.45) is 0. The van der Waals surface area contributed by atoms with E-state index in [9.17, 15) is 19.5 Å².